The molecule has 1 fully saturated rings. The number of para-hydroxylation sites is 1. The van der Waals surface area contributed by atoms with E-state index in [4.69, 9.17) is 9.40 Å². The second-order valence-electron chi connectivity index (χ2n) is 12.8. The lowest BCUT2D eigenvalue weighted by Crippen LogP contribution is -2.12. The average molecular weight is 512 g/mol. The summed E-state index contributed by atoms with van der Waals surface area (Å²) in [6.45, 7) is 11.3. The second-order valence-corrected chi connectivity index (χ2v) is 12.8. The number of nitrogens with zero attached hydrogens (tertiary/aromatic N) is 1. The van der Waals surface area contributed by atoms with Crippen LogP contribution >= 0.6 is 0 Å². The Labute approximate surface area is 231 Å². The maximum absolute atomic E-state index is 6.98. The third kappa shape index (κ3) is 3.95. The van der Waals surface area contributed by atoms with Gasteiger partial charge in [-0.1, -0.05) is 88.6 Å². The number of furan rings is 1. The normalized spacial score (nSPS) is 15.2. The monoisotopic (exact) mass is 511 g/mol. The van der Waals surface area contributed by atoms with Gasteiger partial charge < -0.3 is 4.42 Å². The summed E-state index contributed by atoms with van der Waals surface area (Å²) in [4.78, 5) is 5.43. The molecule has 2 heteroatoms. The summed E-state index contributed by atoms with van der Waals surface area (Å²) in [6.07, 6.45) is 6.46. The van der Waals surface area contributed by atoms with Crippen molar-refractivity contribution >= 4 is 43.6 Å². The molecule has 196 valence electrons. The smallest absolute Gasteiger partial charge is 0.147 e. The van der Waals surface area contributed by atoms with Crippen molar-refractivity contribution in [3.8, 4) is 11.3 Å². The van der Waals surface area contributed by atoms with Gasteiger partial charge in [-0.25, -0.2) is 4.98 Å². The molecule has 0 radical (unpaired) electrons. The molecule has 0 atom stereocenters. The zero-order chi connectivity index (χ0) is 26.9. The van der Waals surface area contributed by atoms with Crippen LogP contribution in [0.4, 0.5) is 0 Å². The molecule has 2 heterocycles. The summed E-state index contributed by atoms with van der Waals surface area (Å²) in [6, 6.07) is 24.7. The van der Waals surface area contributed by atoms with Gasteiger partial charge in [-0.3, -0.25) is 0 Å². The third-order valence-corrected chi connectivity index (χ3v) is 8.89. The number of aryl methyl sites for hydroxylation is 2. The Bertz CT molecular complexity index is 1890. The average Bonchev–Trinajstić information content (AvgIpc) is 3.31. The molecule has 1 saturated carbocycles. The molecule has 0 amide bonds. The van der Waals surface area contributed by atoms with Crippen molar-refractivity contribution in [1.29, 1.82) is 0 Å². The van der Waals surface area contributed by atoms with Crippen LogP contribution in [0.1, 0.15) is 81.0 Å². The van der Waals surface area contributed by atoms with Crippen molar-refractivity contribution in [2.75, 3.05) is 0 Å². The molecule has 1 aliphatic rings. The van der Waals surface area contributed by atoms with Crippen LogP contribution in [0.5, 0.6) is 0 Å². The van der Waals surface area contributed by atoms with E-state index in [0.717, 1.165) is 38.7 Å². The highest BCUT2D eigenvalue weighted by Gasteiger charge is 2.25. The highest BCUT2D eigenvalue weighted by Crippen LogP contribution is 2.45. The molecule has 0 bridgehead atoms. The lowest BCUT2D eigenvalue weighted by molar-refractivity contribution is 0.442. The summed E-state index contributed by atoms with van der Waals surface area (Å²) in [7, 11) is 0. The van der Waals surface area contributed by atoms with E-state index in [1.807, 2.05) is 0 Å². The summed E-state index contributed by atoms with van der Waals surface area (Å²) >= 11 is 0. The molecular formula is C37H37NO. The predicted molar refractivity (Wildman–Crippen MR) is 166 cm³/mol. The zero-order valence-corrected chi connectivity index (χ0v) is 23.8. The first-order valence-electron chi connectivity index (χ1n) is 14.6. The van der Waals surface area contributed by atoms with Crippen LogP contribution in [-0.4, -0.2) is 4.98 Å². The van der Waals surface area contributed by atoms with Crippen LogP contribution in [0.15, 0.2) is 71.1 Å². The number of hydrogen-bond donors (Lipinski definition) is 0. The largest absolute Gasteiger partial charge is 0.455 e. The quantitative estimate of drug-likeness (QED) is 0.231. The van der Waals surface area contributed by atoms with Crippen LogP contribution in [0.25, 0.3) is 54.9 Å². The Kier molecular flexibility index (Phi) is 5.60. The Balaban J connectivity index is 1.62. The Morgan fingerprint density at radius 1 is 0.769 bits per heavy atom. The van der Waals surface area contributed by atoms with Gasteiger partial charge in [-0.2, -0.15) is 0 Å². The van der Waals surface area contributed by atoms with Gasteiger partial charge in [-0.15, -0.1) is 0 Å². The molecule has 0 N–H and O–H groups in total. The SMILES string of the molecule is Cc1cc(C)c2c(c1)nc(-c1cc(C(C)(C)C)c3ccccc3c1)c1c3cccc(C4CCCCC4)c3oc21. The van der Waals surface area contributed by atoms with Crippen molar-refractivity contribution in [2.24, 2.45) is 0 Å². The Morgan fingerprint density at radius 3 is 2.33 bits per heavy atom. The number of benzene rings is 4. The highest BCUT2D eigenvalue weighted by molar-refractivity contribution is 6.20. The van der Waals surface area contributed by atoms with Crippen molar-refractivity contribution in [2.45, 2.75) is 78.1 Å². The number of hydrogen-bond acceptors (Lipinski definition) is 2. The summed E-state index contributed by atoms with van der Waals surface area (Å²) in [5.41, 5.74) is 10.4. The fraction of sp³-hybridized carbons (Fsp3) is 0.324. The maximum Gasteiger partial charge on any atom is 0.147 e. The topological polar surface area (TPSA) is 26.0 Å². The number of aromatic nitrogens is 1. The first-order chi connectivity index (χ1) is 18.8. The Morgan fingerprint density at radius 2 is 1.54 bits per heavy atom. The van der Waals surface area contributed by atoms with E-state index in [1.165, 1.54) is 70.5 Å². The van der Waals surface area contributed by atoms with Crippen molar-refractivity contribution in [1.82, 2.24) is 4.98 Å². The molecule has 1 aliphatic carbocycles. The molecule has 0 unspecified atom stereocenters. The third-order valence-electron chi connectivity index (χ3n) is 8.89. The number of rotatable bonds is 2. The van der Waals surface area contributed by atoms with Gasteiger partial charge in [0.05, 0.1) is 16.6 Å². The minimum atomic E-state index is 0.00533. The molecule has 39 heavy (non-hydrogen) atoms. The van der Waals surface area contributed by atoms with Gasteiger partial charge in [0.25, 0.3) is 0 Å². The van der Waals surface area contributed by atoms with E-state index in [0.29, 0.717) is 5.92 Å². The number of fused-ring (bicyclic) bond motifs is 6. The number of pyridine rings is 1. The molecule has 0 saturated heterocycles. The van der Waals surface area contributed by atoms with E-state index in [-0.39, 0.29) is 5.41 Å². The van der Waals surface area contributed by atoms with Gasteiger partial charge in [0.15, 0.2) is 0 Å². The van der Waals surface area contributed by atoms with Gasteiger partial charge >= 0.3 is 0 Å². The fourth-order valence-corrected chi connectivity index (χ4v) is 7.07. The molecule has 2 nitrogen and oxygen atoms in total. The van der Waals surface area contributed by atoms with Crippen LogP contribution in [0.3, 0.4) is 0 Å². The van der Waals surface area contributed by atoms with Crippen LogP contribution in [0.2, 0.25) is 0 Å². The van der Waals surface area contributed by atoms with Crippen LogP contribution < -0.4 is 0 Å². The molecule has 4 aromatic carbocycles. The lowest BCUT2D eigenvalue weighted by Gasteiger charge is -2.23. The van der Waals surface area contributed by atoms with Crippen molar-refractivity contribution in [3.05, 3.63) is 89.0 Å². The lowest BCUT2D eigenvalue weighted by atomic mass is 9.82. The van der Waals surface area contributed by atoms with Gasteiger partial charge in [-0.05, 0) is 89.2 Å². The Hall–Kier alpha value is -3.65. The molecule has 2 aromatic heterocycles. The molecule has 0 aliphatic heterocycles. The minimum Gasteiger partial charge on any atom is -0.455 e. The van der Waals surface area contributed by atoms with E-state index < -0.39 is 0 Å². The van der Waals surface area contributed by atoms with Crippen LogP contribution in [-0.2, 0) is 5.41 Å². The summed E-state index contributed by atoms with van der Waals surface area (Å²) in [5.74, 6) is 0.571. The van der Waals surface area contributed by atoms with E-state index in [2.05, 4.69) is 101 Å². The minimum absolute atomic E-state index is 0.00533. The molecule has 6 aromatic rings. The van der Waals surface area contributed by atoms with Gasteiger partial charge in [0.2, 0.25) is 0 Å². The first-order valence-corrected chi connectivity index (χ1v) is 14.6. The molecular weight excluding hydrogens is 474 g/mol. The summed E-state index contributed by atoms with van der Waals surface area (Å²) in [5, 5.41) is 6.06. The standard InChI is InChI=1S/C37H37NO/c1-22-18-23(2)32-31(19-22)38-34(26-20-25-14-9-10-15-27(25)30(21-26)37(3,4)5)33-29-17-11-16-28(35(29)39-36(32)33)24-12-7-6-8-13-24/h9-11,14-21,24H,6-8,12-13H2,1-5H3. The van der Waals surface area contributed by atoms with Crippen molar-refractivity contribution < 1.29 is 4.42 Å². The second kappa shape index (κ2) is 8.95. The summed E-state index contributed by atoms with van der Waals surface area (Å²) < 4.78 is 6.98. The molecule has 0 spiro atoms. The van der Waals surface area contributed by atoms with Crippen molar-refractivity contribution in [3.63, 3.8) is 0 Å². The highest BCUT2D eigenvalue weighted by atomic mass is 16.3. The predicted octanol–water partition coefficient (Wildman–Crippen LogP) is 10.9. The molecule has 7 rings (SSSR count). The van der Waals surface area contributed by atoms with E-state index in [9.17, 15) is 0 Å². The van der Waals surface area contributed by atoms with E-state index >= 15 is 0 Å². The van der Waals surface area contributed by atoms with Crippen LogP contribution in [0, 0.1) is 13.8 Å². The first kappa shape index (κ1) is 24.4. The van der Waals surface area contributed by atoms with E-state index in [1.54, 1.807) is 0 Å². The van der Waals surface area contributed by atoms with Gasteiger partial charge in [0, 0.05) is 16.3 Å². The maximum atomic E-state index is 6.98. The zero-order valence-electron chi connectivity index (χ0n) is 23.8. The fourth-order valence-electron chi connectivity index (χ4n) is 7.07. The van der Waals surface area contributed by atoms with Gasteiger partial charge in [0.1, 0.15) is 11.2 Å².